The molecule has 8 nitrogen and oxygen atoms in total. The van der Waals surface area contributed by atoms with Crippen LogP contribution < -0.4 is 5.56 Å². The number of rotatable bonds is 4. The van der Waals surface area contributed by atoms with Gasteiger partial charge < -0.3 is 15.3 Å². The molecule has 9 heteroatoms. The zero-order valence-electron chi connectivity index (χ0n) is 10.9. The maximum Gasteiger partial charge on any atom is 0.282 e. The largest absolute Gasteiger partial charge is 0.394 e. The Morgan fingerprint density at radius 3 is 2.70 bits per heavy atom. The Hall–Kier alpha value is -1.55. The zero-order chi connectivity index (χ0) is 14.9. The van der Waals surface area contributed by atoms with Crippen LogP contribution in [0.1, 0.15) is 11.8 Å². The first-order valence-corrected chi connectivity index (χ1v) is 6.96. The van der Waals surface area contributed by atoms with Crippen molar-refractivity contribution in [3.63, 3.8) is 0 Å². The normalized spacial score (nSPS) is 14.4. The summed E-state index contributed by atoms with van der Waals surface area (Å²) in [6.07, 6.45) is 0.213. The molecular weight excluding hydrogens is 284 g/mol. The minimum Gasteiger partial charge on any atom is -0.394 e. The minimum absolute atomic E-state index is 0.00647. The molecule has 0 aliphatic heterocycles. The molecule has 2 rings (SSSR count). The fourth-order valence-electron chi connectivity index (χ4n) is 1.66. The standard InChI is InChI=1S/C11H14N4O4S/c1-15-10(19)7-9(14-11(15)20-2)12-3-5(13-7)8(18)6(17)4-16/h3,6,8,16-18H,4H2,1-2H3/t6-,8-/m1/s1. The highest BCUT2D eigenvalue weighted by molar-refractivity contribution is 7.98. The number of aromatic nitrogens is 4. The SMILES string of the molecule is CSc1nc2ncc([C@@H](O)[C@H](O)CO)nc2c(=O)n1C. The average molecular weight is 298 g/mol. The molecule has 0 radical (unpaired) electrons. The van der Waals surface area contributed by atoms with Crippen molar-refractivity contribution < 1.29 is 15.3 Å². The monoisotopic (exact) mass is 298 g/mol. The number of aliphatic hydroxyl groups excluding tert-OH is 3. The number of nitrogens with zero attached hydrogens (tertiary/aromatic N) is 4. The van der Waals surface area contributed by atoms with E-state index < -0.39 is 18.8 Å². The summed E-state index contributed by atoms with van der Waals surface area (Å²) in [6, 6.07) is 0. The van der Waals surface area contributed by atoms with E-state index in [9.17, 15) is 15.0 Å². The van der Waals surface area contributed by atoms with Crippen LogP contribution in [-0.4, -0.2) is 53.8 Å². The molecule has 0 aliphatic carbocycles. The Bertz CT molecular complexity index is 690. The highest BCUT2D eigenvalue weighted by Crippen LogP contribution is 2.16. The van der Waals surface area contributed by atoms with Crippen LogP contribution >= 0.6 is 11.8 Å². The van der Waals surface area contributed by atoms with E-state index in [1.807, 2.05) is 0 Å². The summed E-state index contributed by atoms with van der Waals surface area (Å²) in [7, 11) is 1.56. The van der Waals surface area contributed by atoms with E-state index >= 15 is 0 Å². The van der Waals surface area contributed by atoms with Gasteiger partial charge >= 0.3 is 0 Å². The van der Waals surface area contributed by atoms with Crippen molar-refractivity contribution in [3.05, 3.63) is 22.2 Å². The molecule has 2 heterocycles. The van der Waals surface area contributed by atoms with E-state index in [1.165, 1.54) is 22.5 Å². The second kappa shape index (κ2) is 5.83. The summed E-state index contributed by atoms with van der Waals surface area (Å²) < 4.78 is 1.33. The Balaban J connectivity index is 2.60. The van der Waals surface area contributed by atoms with Crippen molar-refractivity contribution in [1.82, 2.24) is 19.5 Å². The molecule has 0 aromatic carbocycles. The lowest BCUT2D eigenvalue weighted by Gasteiger charge is -2.15. The summed E-state index contributed by atoms with van der Waals surface area (Å²) in [4.78, 5) is 24.3. The summed E-state index contributed by atoms with van der Waals surface area (Å²) in [5.41, 5.74) is -0.201. The van der Waals surface area contributed by atoms with Gasteiger partial charge in [-0.05, 0) is 6.26 Å². The van der Waals surface area contributed by atoms with Crippen molar-refractivity contribution in [2.75, 3.05) is 12.9 Å². The van der Waals surface area contributed by atoms with E-state index in [0.717, 1.165) is 0 Å². The molecule has 0 fully saturated rings. The third-order valence-corrected chi connectivity index (χ3v) is 3.53. The lowest BCUT2D eigenvalue weighted by atomic mass is 10.1. The van der Waals surface area contributed by atoms with E-state index in [0.29, 0.717) is 5.16 Å². The van der Waals surface area contributed by atoms with E-state index in [-0.39, 0.29) is 22.4 Å². The minimum atomic E-state index is -1.41. The molecule has 2 aromatic rings. The Morgan fingerprint density at radius 1 is 1.40 bits per heavy atom. The second-order valence-electron chi connectivity index (χ2n) is 4.12. The van der Waals surface area contributed by atoms with Gasteiger partial charge in [0.2, 0.25) is 0 Å². The number of fused-ring (bicyclic) bond motifs is 1. The molecule has 3 N–H and O–H groups in total. The van der Waals surface area contributed by atoms with Crippen LogP contribution in [0.3, 0.4) is 0 Å². The Kier molecular flexibility index (Phi) is 4.33. The summed E-state index contributed by atoms with van der Waals surface area (Å²) >= 11 is 1.31. The third-order valence-electron chi connectivity index (χ3n) is 2.80. The van der Waals surface area contributed by atoms with Crippen molar-refractivity contribution in [1.29, 1.82) is 0 Å². The summed E-state index contributed by atoms with van der Waals surface area (Å²) in [5.74, 6) is 0. The number of hydrogen-bond donors (Lipinski definition) is 3. The van der Waals surface area contributed by atoms with Gasteiger partial charge in [0.15, 0.2) is 16.3 Å². The third kappa shape index (κ3) is 2.52. The molecule has 108 valence electrons. The fourth-order valence-corrected chi connectivity index (χ4v) is 2.19. The molecule has 0 saturated heterocycles. The lowest BCUT2D eigenvalue weighted by Crippen LogP contribution is -2.25. The first-order valence-electron chi connectivity index (χ1n) is 5.74. The molecule has 0 amide bonds. The molecule has 0 aliphatic rings. The number of hydrogen-bond acceptors (Lipinski definition) is 8. The Morgan fingerprint density at radius 2 is 2.10 bits per heavy atom. The van der Waals surface area contributed by atoms with Crippen LogP contribution in [0.4, 0.5) is 0 Å². The summed E-state index contributed by atoms with van der Waals surface area (Å²) in [6.45, 7) is -0.622. The quantitative estimate of drug-likeness (QED) is 0.477. The smallest absolute Gasteiger partial charge is 0.282 e. The molecule has 0 spiro atoms. The van der Waals surface area contributed by atoms with E-state index in [2.05, 4.69) is 15.0 Å². The van der Waals surface area contributed by atoms with Crippen LogP contribution in [0.2, 0.25) is 0 Å². The molecule has 0 bridgehead atoms. The van der Waals surface area contributed by atoms with Crippen LogP contribution in [0, 0.1) is 0 Å². The molecular formula is C11H14N4O4S. The van der Waals surface area contributed by atoms with Crippen molar-refractivity contribution >= 4 is 22.9 Å². The van der Waals surface area contributed by atoms with Gasteiger partial charge in [0.05, 0.1) is 18.5 Å². The lowest BCUT2D eigenvalue weighted by molar-refractivity contribution is -0.0173. The highest BCUT2D eigenvalue weighted by atomic mass is 32.2. The molecule has 0 saturated carbocycles. The highest BCUT2D eigenvalue weighted by Gasteiger charge is 2.21. The topological polar surface area (TPSA) is 121 Å². The second-order valence-corrected chi connectivity index (χ2v) is 4.90. The first-order chi connectivity index (χ1) is 9.49. The summed E-state index contributed by atoms with van der Waals surface area (Å²) in [5, 5.41) is 28.5. The van der Waals surface area contributed by atoms with Gasteiger partial charge in [-0.3, -0.25) is 9.36 Å². The zero-order valence-corrected chi connectivity index (χ0v) is 11.7. The van der Waals surface area contributed by atoms with Crippen molar-refractivity contribution in [3.8, 4) is 0 Å². The first kappa shape index (κ1) is 14.9. The van der Waals surface area contributed by atoms with Crippen molar-refractivity contribution in [2.45, 2.75) is 17.4 Å². The van der Waals surface area contributed by atoms with Gasteiger partial charge in [-0.15, -0.1) is 0 Å². The van der Waals surface area contributed by atoms with Gasteiger partial charge in [0, 0.05) is 7.05 Å². The van der Waals surface area contributed by atoms with Crippen LogP contribution in [0.5, 0.6) is 0 Å². The van der Waals surface area contributed by atoms with Gasteiger partial charge in [0.1, 0.15) is 12.2 Å². The molecule has 2 aromatic heterocycles. The van der Waals surface area contributed by atoms with Gasteiger partial charge in [0.25, 0.3) is 5.56 Å². The van der Waals surface area contributed by atoms with Gasteiger partial charge in [-0.2, -0.15) is 0 Å². The van der Waals surface area contributed by atoms with Crippen LogP contribution in [0.25, 0.3) is 11.2 Å². The van der Waals surface area contributed by atoms with Crippen LogP contribution in [-0.2, 0) is 7.05 Å². The van der Waals surface area contributed by atoms with Gasteiger partial charge in [-0.25, -0.2) is 15.0 Å². The number of aliphatic hydroxyl groups is 3. The van der Waals surface area contributed by atoms with E-state index in [4.69, 9.17) is 5.11 Å². The Labute approximate surface area is 118 Å². The predicted molar refractivity (Wildman–Crippen MR) is 72.4 cm³/mol. The average Bonchev–Trinajstić information content (AvgIpc) is 2.48. The van der Waals surface area contributed by atoms with Crippen LogP contribution in [0.15, 0.2) is 16.1 Å². The van der Waals surface area contributed by atoms with E-state index in [1.54, 1.807) is 13.3 Å². The van der Waals surface area contributed by atoms with Crippen molar-refractivity contribution in [2.24, 2.45) is 7.05 Å². The molecule has 20 heavy (non-hydrogen) atoms. The predicted octanol–water partition coefficient (Wildman–Crippen LogP) is -1.17. The maximum atomic E-state index is 12.1. The maximum absolute atomic E-state index is 12.1. The van der Waals surface area contributed by atoms with Gasteiger partial charge in [-0.1, -0.05) is 11.8 Å². The number of thioether (sulfide) groups is 1. The molecule has 0 unspecified atom stereocenters. The molecule has 2 atom stereocenters. The fraction of sp³-hybridized carbons (Fsp3) is 0.455.